The first-order valence-electron chi connectivity index (χ1n) is 6.47. The molecule has 0 aliphatic rings. The third kappa shape index (κ3) is 2.70. The number of fused-ring (bicyclic) bond motifs is 1. The van der Waals surface area contributed by atoms with Crippen LogP contribution in [0.2, 0.25) is 0 Å². The first-order chi connectivity index (χ1) is 8.86. The number of allylic oxidation sites excluding steroid dienone is 1. The smallest absolute Gasteiger partial charge is 0.123 e. The van der Waals surface area contributed by atoms with Gasteiger partial charge in [-0.1, -0.05) is 25.5 Å². The number of hydrogen-bond donors (Lipinski definition) is 0. The highest BCUT2D eigenvalue weighted by Crippen LogP contribution is 2.27. The molecule has 0 saturated carbocycles. The van der Waals surface area contributed by atoms with Crippen LogP contribution in [0.1, 0.15) is 25.3 Å². The van der Waals surface area contributed by atoms with E-state index in [0.29, 0.717) is 0 Å². The van der Waals surface area contributed by atoms with E-state index in [1.165, 1.54) is 5.56 Å². The summed E-state index contributed by atoms with van der Waals surface area (Å²) in [5.41, 5.74) is 2.20. The van der Waals surface area contributed by atoms with E-state index >= 15 is 0 Å². The van der Waals surface area contributed by atoms with Gasteiger partial charge < -0.3 is 4.74 Å². The van der Waals surface area contributed by atoms with Gasteiger partial charge in [0.2, 0.25) is 0 Å². The number of pyridine rings is 1. The minimum Gasteiger partial charge on any atom is -0.493 e. The zero-order valence-corrected chi connectivity index (χ0v) is 10.9. The van der Waals surface area contributed by atoms with Crippen molar-refractivity contribution < 1.29 is 4.74 Å². The Kier molecular flexibility index (Phi) is 4.35. The van der Waals surface area contributed by atoms with Gasteiger partial charge in [0.1, 0.15) is 5.75 Å². The predicted octanol–water partition coefficient (Wildman–Crippen LogP) is 4.14. The number of unbranched alkanes of at least 4 members (excludes halogenated alkanes) is 1. The second-order valence-corrected chi connectivity index (χ2v) is 4.31. The van der Waals surface area contributed by atoms with E-state index in [9.17, 15) is 0 Å². The number of benzene rings is 1. The SMILES string of the molecule is C=CCc1c(OCCCC)ccc2ncccc12. The van der Waals surface area contributed by atoms with Gasteiger partial charge in [0.25, 0.3) is 0 Å². The van der Waals surface area contributed by atoms with Crippen LogP contribution in [-0.2, 0) is 6.42 Å². The van der Waals surface area contributed by atoms with Crippen molar-refractivity contribution in [2.45, 2.75) is 26.2 Å². The van der Waals surface area contributed by atoms with Gasteiger partial charge in [-0.2, -0.15) is 0 Å². The topological polar surface area (TPSA) is 22.1 Å². The maximum absolute atomic E-state index is 5.86. The number of rotatable bonds is 6. The van der Waals surface area contributed by atoms with Crippen LogP contribution in [0.5, 0.6) is 5.75 Å². The molecule has 0 N–H and O–H groups in total. The number of nitrogens with zero attached hydrogens (tertiary/aromatic N) is 1. The first-order valence-corrected chi connectivity index (χ1v) is 6.47. The predicted molar refractivity (Wildman–Crippen MR) is 76.0 cm³/mol. The number of ether oxygens (including phenoxy) is 1. The Hall–Kier alpha value is -1.83. The van der Waals surface area contributed by atoms with Crippen molar-refractivity contribution in [3.05, 3.63) is 48.7 Å². The van der Waals surface area contributed by atoms with E-state index in [1.807, 2.05) is 30.5 Å². The van der Waals surface area contributed by atoms with Gasteiger partial charge in [-0.3, -0.25) is 4.98 Å². The van der Waals surface area contributed by atoms with Crippen LogP contribution < -0.4 is 4.74 Å². The van der Waals surface area contributed by atoms with Crippen molar-refractivity contribution in [1.29, 1.82) is 0 Å². The molecule has 2 aromatic rings. The lowest BCUT2D eigenvalue weighted by molar-refractivity contribution is 0.307. The fraction of sp³-hybridized carbons (Fsp3) is 0.312. The quantitative estimate of drug-likeness (QED) is 0.560. The van der Waals surface area contributed by atoms with E-state index in [4.69, 9.17) is 4.74 Å². The summed E-state index contributed by atoms with van der Waals surface area (Å²) in [5.74, 6) is 0.962. The van der Waals surface area contributed by atoms with Gasteiger partial charge in [0, 0.05) is 17.1 Å². The largest absolute Gasteiger partial charge is 0.493 e. The first kappa shape index (κ1) is 12.6. The lowest BCUT2D eigenvalue weighted by Crippen LogP contribution is -2.00. The van der Waals surface area contributed by atoms with Gasteiger partial charge in [-0.05, 0) is 31.0 Å². The molecule has 0 amide bonds. The molecule has 0 aliphatic carbocycles. The molecule has 94 valence electrons. The fourth-order valence-electron chi connectivity index (χ4n) is 2.01. The zero-order chi connectivity index (χ0) is 12.8. The summed E-state index contributed by atoms with van der Waals surface area (Å²) < 4.78 is 5.86. The van der Waals surface area contributed by atoms with E-state index in [1.54, 1.807) is 0 Å². The molecule has 0 radical (unpaired) electrons. The molecule has 0 unspecified atom stereocenters. The molecule has 0 bridgehead atoms. The molecule has 2 nitrogen and oxygen atoms in total. The van der Waals surface area contributed by atoms with Crippen molar-refractivity contribution in [2.24, 2.45) is 0 Å². The molecule has 1 aromatic heterocycles. The van der Waals surface area contributed by atoms with Crippen molar-refractivity contribution >= 4 is 10.9 Å². The molecular weight excluding hydrogens is 222 g/mol. The monoisotopic (exact) mass is 241 g/mol. The van der Waals surface area contributed by atoms with Crippen LogP contribution >= 0.6 is 0 Å². The van der Waals surface area contributed by atoms with Crippen molar-refractivity contribution in [3.8, 4) is 5.75 Å². The van der Waals surface area contributed by atoms with Crippen molar-refractivity contribution in [2.75, 3.05) is 6.61 Å². The highest BCUT2D eigenvalue weighted by atomic mass is 16.5. The van der Waals surface area contributed by atoms with Crippen LogP contribution in [0.4, 0.5) is 0 Å². The molecular formula is C16H19NO. The van der Waals surface area contributed by atoms with Crippen LogP contribution in [0, 0.1) is 0 Å². The minimum atomic E-state index is 0.770. The molecule has 0 fully saturated rings. The van der Waals surface area contributed by atoms with Crippen molar-refractivity contribution in [1.82, 2.24) is 4.98 Å². The summed E-state index contributed by atoms with van der Waals surface area (Å²) in [6, 6.07) is 8.09. The Labute approximate surface area is 108 Å². The normalized spacial score (nSPS) is 10.5. The second kappa shape index (κ2) is 6.20. The summed E-state index contributed by atoms with van der Waals surface area (Å²) in [4.78, 5) is 4.37. The Balaban J connectivity index is 2.38. The number of aromatic nitrogens is 1. The second-order valence-electron chi connectivity index (χ2n) is 4.31. The molecule has 0 saturated heterocycles. The molecule has 0 spiro atoms. The minimum absolute atomic E-state index is 0.770. The van der Waals surface area contributed by atoms with Crippen LogP contribution in [0.15, 0.2) is 43.1 Å². The lowest BCUT2D eigenvalue weighted by atomic mass is 10.0. The Morgan fingerprint density at radius 1 is 1.33 bits per heavy atom. The average Bonchev–Trinajstić information content (AvgIpc) is 2.41. The number of hydrogen-bond acceptors (Lipinski definition) is 2. The molecule has 1 heterocycles. The molecule has 0 aliphatic heterocycles. The van der Waals surface area contributed by atoms with Gasteiger partial charge in [0.05, 0.1) is 12.1 Å². The summed E-state index contributed by atoms with van der Waals surface area (Å²) in [6.45, 7) is 6.76. The van der Waals surface area contributed by atoms with E-state index in [0.717, 1.165) is 42.5 Å². The Bertz CT molecular complexity index is 534. The summed E-state index contributed by atoms with van der Waals surface area (Å²) in [5, 5.41) is 1.16. The Morgan fingerprint density at radius 2 is 2.22 bits per heavy atom. The summed E-state index contributed by atoms with van der Waals surface area (Å²) in [6.07, 6.45) is 6.76. The zero-order valence-electron chi connectivity index (χ0n) is 10.9. The van der Waals surface area contributed by atoms with E-state index < -0.39 is 0 Å². The molecule has 1 aromatic carbocycles. The standard InChI is InChI=1S/C16H19NO/c1-3-5-12-18-16-10-9-15-13(8-6-11-17-15)14(16)7-4-2/h4,6,8-11H,2-3,5,7,12H2,1H3. The van der Waals surface area contributed by atoms with Gasteiger partial charge in [0.15, 0.2) is 0 Å². The maximum atomic E-state index is 5.86. The molecule has 2 heteroatoms. The van der Waals surface area contributed by atoms with Crippen LogP contribution in [-0.4, -0.2) is 11.6 Å². The lowest BCUT2D eigenvalue weighted by Gasteiger charge is -2.12. The Morgan fingerprint density at radius 3 is 3.00 bits per heavy atom. The third-order valence-corrected chi connectivity index (χ3v) is 2.96. The van der Waals surface area contributed by atoms with E-state index in [2.05, 4.69) is 24.6 Å². The fourth-order valence-corrected chi connectivity index (χ4v) is 2.01. The molecule has 2 rings (SSSR count). The summed E-state index contributed by atoms with van der Waals surface area (Å²) in [7, 11) is 0. The average molecular weight is 241 g/mol. The van der Waals surface area contributed by atoms with Gasteiger partial charge in [-0.25, -0.2) is 0 Å². The van der Waals surface area contributed by atoms with Gasteiger partial charge in [-0.15, -0.1) is 6.58 Å². The van der Waals surface area contributed by atoms with Gasteiger partial charge >= 0.3 is 0 Å². The highest BCUT2D eigenvalue weighted by molar-refractivity contribution is 5.84. The molecule has 0 atom stereocenters. The van der Waals surface area contributed by atoms with Crippen LogP contribution in [0.3, 0.4) is 0 Å². The summed E-state index contributed by atoms with van der Waals surface area (Å²) >= 11 is 0. The maximum Gasteiger partial charge on any atom is 0.123 e. The van der Waals surface area contributed by atoms with Crippen LogP contribution in [0.25, 0.3) is 10.9 Å². The van der Waals surface area contributed by atoms with Crippen molar-refractivity contribution in [3.63, 3.8) is 0 Å². The van der Waals surface area contributed by atoms with E-state index in [-0.39, 0.29) is 0 Å². The highest BCUT2D eigenvalue weighted by Gasteiger charge is 2.07. The third-order valence-electron chi connectivity index (χ3n) is 2.96. The molecule has 18 heavy (non-hydrogen) atoms.